The van der Waals surface area contributed by atoms with E-state index in [0.29, 0.717) is 6.54 Å². The fourth-order valence-corrected chi connectivity index (χ4v) is 1.47. The van der Waals surface area contributed by atoms with Crippen molar-refractivity contribution in [2.75, 3.05) is 20.6 Å². The van der Waals surface area contributed by atoms with E-state index in [0.717, 1.165) is 12.8 Å². The lowest BCUT2D eigenvalue weighted by Crippen LogP contribution is -2.35. The second-order valence-corrected chi connectivity index (χ2v) is 3.79. The van der Waals surface area contributed by atoms with Crippen LogP contribution >= 0.6 is 0 Å². The summed E-state index contributed by atoms with van der Waals surface area (Å²) < 4.78 is 0. The molecule has 1 fully saturated rings. The minimum absolute atomic E-state index is 0.0723. The van der Waals surface area contributed by atoms with Crippen LogP contribution in [0.2, 0.25) is 0 Å². The molecule has 4 heteroatoms. The molecule has 0 aliphatic heterocycles. The Bertz CT molecular complexity index is 165. The van der Waals surface area contributed by atoms with Gasteiger partial charge in [-0.15, -0.1) is 0 Å². The third-order valence-corrected chi connectivity index (χ3v) is 2.10. The lowest BCUT2D eigenvalue weighted by atomic mass is 10.3. The minimum atomic E-state index is -0.0723. The molecule has 76 valence electrons. The average molecular weight is 186 g/mol. The van der Waals surface area contributed by atoms with Crippen molar-refractivity contribution in [2.24, 2.45) is 0 Å². The largest absolute Gasteiger partial charge is 0.301 e. The van der Waals surface area contributed by atoms with E-state index in [4.69, 9.17) is 4.84 Å². The zero-order valence-corrected chi connectivity index (χ0v) is 8.38. The highest BCUT2D eigenvalue weighted by Gasteiger charge is 2.16. The van der Waals surface area contributed by atoms with Crippen molar-refractivity contribution >= 4 is 5.91 Å². The molecule has 1 N–H and O–H groups in total. The number of nitrogens with one attached hydrogen (secondary N) is 1. The molecule has 1 aliphatic rings. The summed E-state index contributed by atoms with van der Waals surface area (Å²) in [5.41, 5.74) is 2.48. The molecule has 1 saturated carbocycles. The Morgan fingerprint density at radius 2 is 2.08 bits per heavy atom. The quantitative estimate of drug-likeness (QED) is 0.651. The molecule has 0 atom stereocenters. The van der Waals surface area contributed by atoms with Crippen LogP contribution < -0.4 is 5.48 Å². The molecule has 0 aromatic rings. The minimum Gasteiger partial charge on any atom is -0.301 e. The standard InChI is InChI=1S/C9H18N2O2/c1-11(2)7-9(12)10-13-8-5-3-4-6-8/h8H,3-7H2,1-2H3,(H,10,12). The SMILES string of the molecule is CN(C)CC(=O)NOC1CCCC1. The predicted molar refractivity (Wildman–Crippen MR) is 50.0 cm³/mol. The van der Waals surface area contributed by atoms with E-state index >= 15 is 0 Å². The lowest BCUT2D eigenvalue weighted by molar-refractivity contribution is -0.138. The molecule has 0 saturated heterocycles. The normalized spacial score (nSPS) is 18.1. The van der Waals surface area contributed by atoms with Crippen LogP contribution in [0.1, 0.15) is 25.7 Å². The zero-order valence-electron chi connectivity index (χ0n) is 8.38. The van der Waals surface area contributed by atoms with Gasteiger partial charge in [-0.2, -0.15) is 0 Å². The van der Waals surface area contributed by atoms with Crippen LogP contribution in [-0.4, -0.2) is 37.6 Å². The molecular formula is C9H18N2O2. The third kappa shape index (κ3) is 4.24. The molecule has 0 heterocycles. The second-order valence-electron chi connectivity index (χ2n) is 3.79. The van der Waals surface area contributed by atoms with E-state index in [1.807, 2.05) is 19.0 Å². The van der Waals surface area contributed by atoms with E-state index in [9.17, 15) is 4.79 Å². The fraction of sp³-hybridized carbons (Fsp3) is 0.889. The fourth-order valence-electron chi connectivity index (χ4n) is 1.47. The first-order valence-corrected chi connectivity index (χ1v) is 4.77. The van der Waals surface area contributed by atoms with Crippen molar-refractivity contribution in [1.82, 2.24) is 10.4 Å². The molecule has 0 aromatic carbocycles. The van der Waals surface area contributed by atoms with Crippen LogP contribution in [0.4, 0.5) is 0 Å². The average Bonchev–Trinajstić information content (AvgIpc) is 2.51. The Morgan fingerprint density at radius 3 is 2.62 bits per heavy atom. The molecule has 1 rings (SSSR count). The van der Waals surface area contributed by atoms with Crippen molar-refractivity contribution in [1.29, 1.82) is 0 Å². The summed E-state index contributed by atoms with van der Waals surface area (Å²) in [6, 6.07) is 0. The van der Waals surface area contributed by atoms with Gasteiger partial charge in [0, 0.05) is 0 Å². The van der Waals surface area contributed by atoms with Crippen molar-refractivity contribution in [3.63, 3.8) is 0 Å². The first-order valence-electron chi connectivity index (χ1n) is 4.77. The summed E-state index contributed by atoms with van der Waals surface area (Å²) in [5, 5.41) is 0. The molecule has 0 bridgehead atoms. The predicted octanol–water partition coefficient (Wildman–Crippen LogP) is 0.538. The van der Waals surface area contributed by atoms with Crippen molar-refractivity contribution in [3.05, 3.63) is 0 Å². The summed E-state index contributed by atoms with van der Waals surface area (Å²) in [7, 11) is 3.71. The molecule has 4 nitrogen and oxygen atoms in total. The van der Waals surface area contributed by atoms with Crippen molar-refractivity contribution in [2.45, 2.75) is 31.8 Å². The smallest absolute Gasteiger partial charge is 0.257 e. The van der Waals surface area contributed by atoms with Gasteiger partial charge in [0.25, 0.3) is 5.91 Å². The number of likely N-dealkylation sites (N-methyl/N-ethyl adjacent to an activating group) is 1. The topological polar surface area (TPSA) is 41.6 Å². The summed E-state index contributed by atoms with van der Waals surface area (Å²) in [6.45, 7) is 0.382. The number of hydrogen-bond acceptors (Lipinski definition) is 3. The van der Waals surface area contributed by atoms with Crippen LogP contribution in [0, 0.1) is 0 Å². The van der Waals surface area contributed by atoms with E-state index in [1.165, 1.54) is 12.8 Å². The maximum absolute atomic E-state index is 11.1. The zero-order chi connectivity index (χ0) is 9.68. The van der Waals surface area contributed by atoms with Gasteiger partial charge in [0.05, 0.1) is 12.6 Å². The van der Waals surface area contributed by atoms with Crippen molar-refractivity contribution in [3.8, 4) is 0 Å². The Morgan fingerprint density at radius 1 is 1.46 bits per heavy atom. The van der Waals surface area contributed by atoms with Crippen LogP contribution in [0.5, 0.6) is 0 Å². The number of carbonyl (C=O) groups excluding carboxylic acids is 1. The van der Waals surface area contributed by atoms with E-state index in [1.54, 1.807) is 0 Å². The molecular weight excluding hydrogens is 168 g/mol. The van der Waals surface area contributed by atoms with Crippen LogP contribution in [0.15, 0.2) is 0 Å². The van der Waals surface area contributed by atoms with Crippen LogP contribution in [-0.2, 0) is 9.63 Å². The maximum Gasteiger partial charge on any atom is 0.257 e. The number of hydroxylamine groups is 1. The van der Waals surface area contributed by atoms with Crippen LogP contribution in [0.25, 0.3) is 0 Å². The molecule has 13 heavy (non-hydrogen) atoms. The molecule has 1 aliphatic carbocycles. The Balaban J connectivity index is 2.07. The molecule has 0 unspecified atom stereocenters. The number of nitrogens with zero attached hydrogens (tertiary/aromatic N) is 1. The first-order chi connectivity index (χ1) is 6.18. The van der Waals surface area contributed by atoms with Gasteiger partial charge in [-0.3, -0.25) is 9.63 Å². The van der Waals surface area contributed by atoms with E-state index in [-0.39, 0.29) is 12.0 Å². The Kier molecular flexibility index (Phi) is 4.18. The van der Waals surface area contributed by atoms with E-state index < -0.39 is 0 Å². The van der Waals surface area contributed by atoms with Gasteiger partial charge < -0.3 is 4.90 Å². The maximum atomic E-state index is 11.1. The van der Waals surface area contributed by atoms with Gasteiger partial charge in [0.15, 0.2) is 0 Å². The molecule has 0 spiro atoms. The number of rotatable bonds is 4. The number of amides is 1. The van der Waals surface area contributed by atoms with Gasteiger partial charge in [-0.25, -0.2) is 5.48 Å². The Hall–Kier alpha value is -0.610. The highest BCUT2D eigenvalue weighted by atomic mass is 16.7. The Labute approximate surface area is 79.2 Å². The highest BCUT2D eigenvalue weighted by Crippen LogP contribution is 2.19. The molecule has 0 radical (unpaired) electrons. The summed E-state index contributed by atoms with van der Waals surface area (Å²) in [6.07, 6.45) is 4.82. The van der Waals surface area contributed by atoms with Crippen molar-refractivity contribution < 1.29 is 9.63 Å². The van der Waals surface area contributed by atoms with Crippen LogP contribution in [0.3, 0.4) is 0 Å². The summed E-state index contributed by atoms with van der Waals surface area (Å²) >= 11 is 0. The van der Waals surface area contributed by atoms with Gasteiger partial charge in [-0.1, -0.05) is 12.8 Å². The first kappa shape index (κ1) is 10.5. The molecule has 1 amide bonds. The summed E-state index contributed by atoms with van der Waals surface area (Å²) in [4.78, 5) is 18.2. The van der Waals surface area contributed by atoms with E-state index in [2.05, 4.69) is 5.48 Å². The number of hydrogen-bond donors (Lipinski definition) is 1. The van der Waals surface area contributed by atoms with Gasteiger partial charge in [0.1, 0.15) is 0 Å². The molecule has 0 aromatic heterocycles. The number of carbonyl (C=O) groups is 1. The third-order valence-electron chi connectivity index (χ3n) is 2.10. The highest BCUT2D eigenvalue weighted by molar-refractivity contribution is 5.76. The second kappa shape index (κ2) is 5.19. The monoisotopic (exact) mass is 186 g/mol. The van der Waals surface area contributed by atoms with Gasteiger partial charge >= 0.3 is 0 Å². The van der Waals surface area contributed by atoms with Gasteiger partial charge in [0.2, 0.25) is 0 Å². The lowest BCUT2D eigenvalue weighted by Gasteiger charge is -2.13. The van der Waals surface area contributed by atoms with Gasteiger partial charge in [-0.05, 0) is 26.9 Å². The summed E-state index contributed by atoms with van der Waals surface area (Å²) in [5.74, 6) is -0.0723.